The average Bonchev–Trinajstić information content (AvgIpc) is 2.37. The van der Waals surface area contributed by atoms with Crippen molar-refractivity contribution in [3.05, 3.63) is 11.6 Å². The van der Waals surface area contributed by atoms with E-state index in [9.17, 15) is 4.21 Å². The lowest BCUT2D eigenvalue weighted by atomic mass is 10.2. The van der Waals surface area contributed by atoms with Crippen LogP contribution in [-0.2, 0) is 10.8 Å². The van der Waals surface area contributed by atoms with Gasteiger partial charge in [0, 0.05) is 11.6 Å². The SMILES string of the molecule is CCCCCC1=NC=CS1=O. The molecule has 1 rings (SSSR count). The van der Waals surface area contributed by atoms with Crippen molar-refractivity contribution in [1.29, 1.82) is 0 Å². The smallest absolute Gasteiger partial charge is 0.108 e. The second-order valence-electron chi connectivity index (χ2n) is 2.56. The van der Waals surface area contributed by atoms with Crippen LogP contribution >= 0.6 is 0 Å². The molecule has 2 nitrogen and oxygen atoms in total. The van der Waals surface area contributed by atoms with Crippen LogP contribution in [0.5, 0.6) is 0 Å². The Labute approximate surface area is 69.9 Å². The second-order valence-corrected chi connectivity index (χ2v) is 3.90. The lowest BCUT2D eigenvalue weighted by molar-refractivity contribution is 0.693. The van der Waals surface area contributed by atoms with E-state index < -0.39 is 10.8 Å². The Morgan fingerprint density at radius 1 is 1.55 bits per heavy atom. The van der Waals surface area contributed by atoms with E-state index in [0.717, 1.165) is 17.9 Å². The first kappa shape index (κ1) is 8.65. The Balaban J connectivity index is 2.23. The zero-order valence-electron chi connectivity index (χ0n) is 6.75. The molecule has 1 aliphatic rings. The van der Waals surface area contributed by atoms with Crippen LogP contribution in [0.4, 0.5) is 0 Å². The molecule has 0 spiro atoms. The van der Waals surface area contributed by atoms with Crippen molar-refractivity contribution < 1.29 is 4.21 Å². The highest BCUT2D eigenvalue weighted by Gasteiger charge is 2.08. The largest absolute Gasteiger partial charge is 0.251 e. The maximum absolute atomic E-state index is 11.1. The fraction of sp³-hybridized carbons (Fsp3) is 0.625. The molecule has 0 aliphatic carbocycles. The van der Waals surface area contributed by atoms with Crippen LogP contribution in [0.3, 0.4) is 0 Å². The maximum Gasteiger partial charge on any atom is 0.108 e. The van der Waals surface area contributed by atoms with E-state index in [1.54, 1.807) is 11.6 Å². The molecule has 62 valence electrons. The molecule has 0 aromatic carbocycles. The molecule has 11 heavy (non-hydrogen) atoms. The highest BCUT2D eigenvalue weighted by atomic mass is 32.2. The Morgan fingerprint density at radius 2 is 2.36 bits per heavy atom. The van der Waals surface area contributed by atoms with Crippen molar-refractivity contribution in [2.45, 2.75) is 32.6 Å². The third kappa shape index (κ3) is 2.58. The molecule has 0 amide bonds. The average molecular weight is 171 g/mol. The summed E-state index contributed by atoms with van der Waals surface area (Å²) in [4.78, 5) is 4.02. The van der Waals surface area contributed by atoms with Crippen LogP contribution in [0.25, 0.3) is 0 Å². The minimum atomic E-state index is -0.895. The first-order valence-corrected chi connectivity index (χ1v) is 5.20. The minimum Gasteiger partial charge on any atom is -0.251 e. The summed E-state index contributed by atoms with van der Waals surface area (Å²) in [6.45, 7) is 2.16. The molecule has 0 aromatic rings. The highest BCUT2D eigenvalue weighted by molar-refractivity contribution is 8.03. The number of nitrogens with zero attached hydrogens (tertiary/aromatic N) is 1. The third-order valence-corrected chi connectivity index (χ3v) is 2.77. The van der Waals surface area contributed by atoms with E-state index in [0.29, 0.717) is 0 Å². The monoisotopic (exact) mass is 171 g/mol. The van der Waals surface area contributed by atoms with Crippen molar-refractivity contribution in [1.82, 2.24) is 0 Å². The third-order valence-electron chi connectivity index (χ3n) is 1.63. The summed E-state index contributed by atoms with van der Waals surface area (Å²) in [5.41, 5.74) is 0. The van der Waals surface area contributed by atoms with Crippen molar-refractivity contribution in [2.75, 3.05) is 0 Å². The molecular weight excluding hydrogens is 158 g/mol. The van der Waals surface area contributed by atoms with Gasteiger partial charge in [0.15, 0.2) is 0 Å². The predicted octanol–water partition coefficient (Wildman–Crippen LogP) is 2.20. The van der Waals surface area contributed by atoms with Crippen LogP contribution in [0.15, 0.2) is 16.6 Å². The molecule has 0 saturated carbocycles. The van der Waals surface area contributed by atoms with Gasteiger partial charge in [-0.25, -0.2) is 4.21 Å². The molecule has 1 atom stereocenters. The van der Waals surface area contributed by atoms with Crippen LogP contribution in [-0.4, -0.2) is 9.25 Å². The quantitative estimate of drug-likeness (QED) is 0.596. The fourth-order valence-electron chi connectivity index (χ4n) is 0.991. The van der Waals surface area contributed by atoms with Gasteiger partial charge in [-0.05, 0) is 12.8 Å². The summed E-state index contributed by atoms with van der Waals surface area (Å²) < 4.78 is 11.1. The van der Waals surface area contributed by atoms with Crippen molar-refractivity contribution in [2.24, 2.45) is 4.99 Å². The van der Waals surface area contributed by atoms with E-state index in [1.807, 2.05) is 0 Å². The Hall–Kier alpha value is -0.440. The van der Waals surface area contributed by atoms with Crippen LogP contribution < -0.4 is 0 Å². The minimum absolute atomic E-state index is 0.846. The standard InChI is InChI=1S/C8H13NOS/c1-2-3-4-5-8-9-6-7-11(8)10/h6-7H,2-5H2,1H3. The number of rotatable bonds is 4. The summed E-state index contributed by atoms with van der Waals surface area (Å²) in [6.07, 6.45) is 6.05. The van der Waals surface area contributed by atoms with Gasteiger partial charge >= 0.3 is 0 Å². The van der Waals surface area contributed by atoms with Gasteiger partial charge in [0.25, 0.3) is 0 Å². The van der Waals surface area contributed by atoms with Gasteiger partial charge in [0.1, 0.15) is 5.04 Å². The molecule has 0 bridgehead atoms. The van der Waals surface area contributed by atoms with E-state index in [4.69, 9.17) is 0 Å². The number of hydrogen-bond donors (Lipinski definition) is 0. The molecule has 1 heterocycles. The van der Waals surface area contributed by atoms with Gasteiger partial charge in [0.05, 0.1) is 10.8 Å². The predicted molar refractivity (Wildman–Crippen MR) is 48.9 cm³/mol. The molecule has 1 unspecified atom stereocenters. The lowest BCUT2D eigenvalue weighted by Crippen LogP contribution is -2.00. The Morgan fingerprint density at radius 3 is 2.91 bits per heavy atom. The molecular formula is C8H13NOS. The maximum atomic E-state index is 11.1. The summed E-state index contributed by atoms with van der Waals surface area (Å²) in [5.74, 6) is 0. The van der Waals surface area contributed by atoms with E-state index in [-0.39, 0.29) is 0 Å². The van der Waals surface area contributed by atoms with Crippen LogP contribution in [0.1, 0.15) is 32.6 Å². The molecule has 0 radical (unpaired) electrons. The first-order chi connectivity index (χ1) is 5.34. The summed E-state index contributed by atoms with van der Waals surface area (Å²) in [5, 5.41) is 2.49. The zero-order chi connectivity index (χ0) is 8.10. The second kappa shape index (κ2) is 4.44. The van der Waals surface area contributed by atoms with Gasteiger partial charge in [-0.3, -0.25) is 4.99 Å². The molecule has 0 saturated heterocycles. The summed E-state index contributed by atoms with van der Waals surface area (Å²) in [6, 6.07) is 0. The highest BCUT2D eigenvalue weighted by Crippen LogP contribution is 2.09. The summed E-state index contributed by atoms with van der Waals surface area (Å²) in [7, 11) is -0.895. The molecule has 0 aromatic heterocycles. The summed E-state index contributed by atoms with van der Waals surface area (Å²) >= 11 is 0. The van der Waals surface area contributed by atoms with Gasteiger partial charge in [-0.2, -0.15) is 0 Å². The Bertz CT molecular complexity index is 208. The molecule has 1 aliphatic heterocycles. The van der Waals surface area contributed by atoms with Gasteiger partial charge in [0.2, 0.25) is 0 Å². The molecule has 0 N–H and O–H groups in total. The van der Waals surface area contributed by atoms with Gasteiger partial charge < -0.3 is 0 Å². The normalized spacial score (nSPS) is 22.3. The first-order valence-electron chi connectivity index (χ1n) is 3.98. The lowest BCUT2D eigenvalue weighted by Gasteiger charge is -1.96. The van der Waals surface area contributed by atoms with E-state index in [2.05, 4.69) is 11.9 Å². The van der Waals surface area contributed by atoms with E-state index in [1.165, 1.54) is 12.8 Å². The zero-order valence-corrected chi connectivity index (χ0v) is 7.56. The van der Waals surface area contributed by atoms with Crippen LogP contribution in [0.2, 0.25) is 0 Å². The fourth-order valence-corrected chi connectivity index (χ4v) is 1.83. The number of hydrogen-bond acceptors (Lipinski definition) is 2. The van der Waals surface area contributed by atoms with Crippen molar-refractivity contribution >= 4 is 15.8 Å². The van der Waals surface area contributed by atoms with Gasteiger partial charge in [-0.1, -0.05) is 19.8 Å². The number of unbranched alkanes of at least 4 members (excludes halogenated alkanes) is 2. The molecule has 3 heteroatoms. The topological polar surface area (TPSA) is 29.4 Å². The number of aliphatic imine (C=N–C) groups is 1. The van der Waals surface area contributed by atoms with E-state index >= 15 is 0 Å². The Kier molecular flexibility index (Phi) is 3.49. The van der Waals surface area contributed by atoms with Crippen molar-refractivity contribution in [3.8, 4) is 0 Å². The molecule has 0 fully saturated rings. The van der Waals surface area contributed by atoms with Crippen molar-refractivity contribution in [3.63, 3.8) is 0 Å². The van der Waals surface area contributed by atoms with Crippen LogP contribution in [0, 0.1) is 0 Å². The van der Waals surface area contributed by atoms with Gasteiger partial charge in [-0.15, -0.1) is 0 Å².